The van der Waals surface area contributed by atoms with Crippen molar-refractivity contribution in [3.8, 4) is 22.6 Å². The molecule has 8 nitrogen and oxygen atoms in total. The minimum atomic E-state index is -0.970. The summed E-state index contributed by atoms with van der Waals surface area (Å²) in [6.45, 7) is 4.86. The van der Waals surface area contributed by atoms with Crippen LogP contribution in [0.25, 0.3) is 16.6 Å². The number of aliphatic hydroxyl groups excluding tert-OH is 1. The Hall–Kier alpha value is -4.14. The number of likely N-dealkylation sites (tertiary alicyclic amines) is 1. The Morgan fingerprint density at radius 3 is 2.81 bits per heavy atom. The van der Waals surface area contributed by atoms with Gasteiger partial charge < -0.3 is 29.4 Å². The van der Waals surface area contributed by atoms with Crippen molar-refractivity contribution >= 4 is 11.5 Å². The molecular weight excluding hydrogens is 530 g/mol. The van der Waals surface area contributed by atoms with Crippen LogP contribution in [0.1, 0.15) is 57.6 Å². The minimum Gasteiger partial charge on any atom is -0.504 e. The van der Waals surface area contributed by atoms with Gasteiger partial charge in [-0.2, -0.15) is 0 Å². The molecule has 2 bridgehead atoms. The van der Waals surface area contributed by atoms with E-state index in [1.54, 1.807) is 18.5 Å². The largest absolute Gasteiger partial charge is 0.504 e. The van der Waals surface area contributed by atoms with E-state index in [0.717, 1.165) is 58.4 Å². The van der Waals surface area contributed by atoms with Gasteiger partial charge in [-0.25, -0.2) is 4.79 Å². The highest BCUT2D eigenvalue weighted by Gasteiger charge is 2.64. The molecule has 4 aliphatic rings. The Morgan fingerprint density at radius 2 is 2.05 bits per heavy atom. The molecule has 8 heteroatoms. The van der Waals surface area contributed by atoms with Crippen LogP contribution in [0.4, 0.5) is 0 Å². The Balaban J connectivity index is 1.37. The molecule has 8 rings (SSSR count). The van der Waals surface area contributed by atoms with Crippen LogP contribution >= 0.6 is 0 Å². The lowest BCUT2D eigenvalue weighted by atomic mass is 9.52. The smallest absolute Gasteiger partial charge is 0.336 e. The number of phenols is 1. The van der Waals surface area contributed by atoms with E-state index in [0.29, 0.717) is 11.3 Å². The summed E-state index contributed by atoms with van der Waals surface area (Å²) in [5.74, 6) is -0.451. The maximum Gasteiger partial charge on any atom is 0.336 e. The summed E-state index contributed by atoms with van der Waals surface area (Å²) >= 11 is 0. The standard InChI is InChI=1S/C34H33N3O5/c1-17(30-18(2)23(33(40)41)12-21-11-20(16-37(21)30)19-5-4-9-35-15-19)22-14-28(39)31-29-24(22)13-26-25-6-7-27(38)32(42-31)34(25,29)8-10-36(26)3/h4-7,9,11-12,14-17,25-27,32,38-39H,8,10,13H2,1-3H3,(H,40,41)/t17?,25-,26+,27-,32-,34-/m0/s1. The number of aromatic carboxylic acids is 1. The number of aromatic nitrogens is 2. The second kappa shape index (κ2) is 8.69. The van der Waals surface area contributed by atoms with E-state index in [-0.39, 0.29) is 29.2 Å². The number of aromatic hydroxyl groups is 1. The van der Waals surface area contributed by atoms with Crippen LogP contribution in [0.3, 0.4) is 0 Å². The van der Waals surface area contributed by atoms with Gasteiger partial charge in [0.25, 0.3) is 0 Å². The highest BCUT2D eigenvalue weighted by molar-refractivity contribution is 5.92. The zero-order valence-corrected chi connectivity index (χ0v) is 23.8. The van der Waals surface area contributed by atoms with Gasteiger partial charge in [-0.15, -0.1) is 0 Å². The van der Waals surface area contributed by atoms with Crippen LogP contribution in [-0.2, 0) is 11.8 Å². The van der Waals surface area contributed by atoms with Crippen LogP contribution in [-0.4, -0.2) is 67.4 Å². The predicted octanol–water partition coefficient (Wildman–Crippen LogP) is 4.67. The number of ether oxygens (including phenoxy) is 1. The number of hydrogen-bond acceptors (Lipinski definition) is 6. The number of pyridine rings is 2. The first-order valence-electron chi connectivity index (χ1n) is 14.6. The van der Waals surface area contributed by atoms with Gasteiger partial charge in [0.1, 0.15) is 12.2 Å². The third-order valence-corrected chi connectivity index (χ3v) is 10.6. The molecule has 0 radical (unpaired) electrons. The summed E-state index contributed by atoms with van der Waals surface area (Å²) in [4.78, 5) is 19.1. The number of likely N-dealkylation sites (N-methyl/N-ethyl adjacent to an activating group) is 1. The van der Waals surface area contributed by atoms with E-state index >= 15 is 0 Å². The van der Waals surface area contributed by atoms with Crippen molar-refractivity contribution in [3.63, 3.8) is 0 Å². The molecule has 6 atom stereocenters. The van der Waals surface area contributed by atoms with Crippen molar-refractivity contribution in [1.82, 2.24) is 14.3 Å². The van der Waals surface area contributed by atoms with Gasteiger partial charge in [-0.3, -0.25) is 4.98 Å². The molecular formula is C34H33N3O5. The molecule has 1 fully saturated rings. The zero-order valence-electron chi connectivity index (χ0n) is 23.8. The SMILES string of the molecule is Cc1c(C(=O)O)cc2cc(-c3cccnc3)cn2c1C(C)c1cc(O)c2c3c1C[C@@H]1[C@@H]4C=C[C@H](O)[C@H](O2)[C@]34CCN1C. The van der Waals surface area contributed by atoms with E-state index in [1.165, 1.54) is 0 Å². The molecule has 1 spiro atoms. The fourth-order valence-corrected chi connectivity index (χ4v) is 8.71. The molecule has 4 aromatic rings. The van der Waals surface area contributed by atoms with Crippen molar-refractivity contribution in [2.45, 2.75) is 56.3 Å². The maximum atomic E-state index is 12.4. The van der Waals surface area contributed by atoms with Crippen LogP contribution in [0.15, 0.2) is 61.1 Å². The zero-order chi connectivity index (χ0) is 29.1. The summed E-state index contributed by atoms with van der Waals surface area (Å²) < 4.78 is 8.53. The van der Waals surface area contributed by atoms with Crippen molar-refractivity contribution in [2.75, 3.05) is 13.6 Å². The summed E-state index contributed by atoms with van der Waals surface area (Å²) in [5, 5.41) is 32.7. The number of phenolic OH excluding ortho intramolecular Hbond substituents is 1. The fraction of sp³-hybridized carbons (Fsp3) is 0.353. The molecule has 3 N–H and O–H groups in total. The molecule has 214 valence electrons. The molecule has 2 aliphatic heterocycles. The van der Waals surface area contributed by atoms with Crippen molar-refractivity contribution in [3.05, 3.63) is 94.6 Å². The number of piperidine rings is 1. The van der Waals surface area contributed by atoms with E-state index < -0.39 is 23.6 Å². The second-order valence-electron chi connectivity index (χ2n) is 12.5. The first kappa shape index (κ1) is 25.6. The molecule has 0 amide bonds. The topological polar surface area (TPSA) is 108 Å². The molecule has 0 saturated carbocycles. The number of benzene rings is 1. The number of aliphatic hydroxyl groups is 1. The van der Waals surface area contributed by atoms with Gasteiger partial charge in [0.15, 0.2) is 11.5 Å². The average Bonchev–Trinajstić information content (AvgIpc) is 3.56. The monoisotopic (exact) mass is 563 g/mol. The number of carboxylic acids is 1. The molecule has 2 aliphatic carbocycles. The summed E-state index contributed by atoms with van der Waals surface area (Å²) in [7, 11) is 2.17. The van der Waals surface area contributed by atoms with E-state index in [2.05, 4.69) is 34.3 Å². The number of carboxylic acid groups (broad SMARTS) is 1. The summed E-state index contributed by atoms with van der Waals surface area (Å²) in [6, 6.07) is 9.66. The molecule has 1 saturated heterocycles. The van der Waals surface area contributed by atoms with E-state index in [4.69, 9.17) is 4.74 Å². The highest BCUT2D eigenvalue weighted by Crippen LogP contribution is 2.63. The molecule has 1 aromatic carbocycles. The normalized spacial score (nSPS) is 28.0. The van der Waals surface area contributed by atoms with Gasteiger partial charge in [-0.05, 0) is 74.3 Å². The van der Waals surface area contributed by atoms with Gasteiger partial charge in [0.2, 0.25) is 0 Å². The number of hydrogen-bond donors (Lipinski definition) is 3. The first-order chi connectivity index (χ1) is 20.2. The highest BCUT2D eigenvalue weighted by atomic mass is 16.5. The van der Waals surface area contributed by atoms with Crippen LogP contribution in [0, 0.1) is 12.8 Å². The Kier molecular flexibility index (Phi) is 5.29. The number of nitrogens with zero attached hydrogens (tertiary/aromatic N) is 3. The average molecular weight is 564 g/mol. The molecule has 1 unspecified atom stereocenters. The lowest BCUT2D eigenvalue weighted by molar-refractivity contribution is -0.0454. The Labute approximate surface area is 243 Å². The molecule has 5 heterocycles. The summed E-state index contributed by atoms with van der Waals surface area (Å²) in [5.41, 5.74) is 7.28. The van der Waals surface area contributed by atoms with Crippen molar-refractivity contribution in [2.24, 2.45) is 5.92 Å². The molecule has 3 aromatic heterocycles. The van der Waals surface area contributed by atoms with E-state index in [9.17, 15) is 20.1 Å². The van der Waals surface area contributed by atoms with Crippen LogP contribution < -0.4 is 4.74 Å². The minimum absolute atomic E-state index is 0.0783. The van der Waals surface area contributed by atoms with Crippen molar-refractivity contribution in [1.29, 1.82) is 0 Å². The Bertz CT molecular complexity index is 1830. The third-order valence-electron chi connectivity index (χ3n) is 10.6. The lowest BCUT2D eigenvalue weighted by Gasteiger charge is -2.56. The van der Waals surface area contributed by atoms with Crippen LogP contribution in [0.5, 0.6) is 11.5 Å². The van der Waals surface area contributed by atoms with Crippen molar-refractivity contribution < 1.29 is 24.9 Å². The number of rotatable bonds is 4. The predicted molar refractivity (Wildman–Crippen MR) is 157 cm³/mol. The number of fused-ring (bicyclic) bond motifs is 1. The Morgan fingerprint density at radius 1 is 1.21 bits per heavy atom. The van der Waals surface area contributed by atoms with Gasteiger partial charge in [0.05, 0.1) is 5.56 Å². The van der Waals surface area contributed by atoms with Gasteiger partial charge in [-0.1, -0.05) is 25.1 Å². The quantitative estimate of drug-likeness (QED) is 0.310. The summed E-state index contributed by atoms with van der Waals surface area (Å²) in [6.07, 6.45) is 10.0. The van der Waals surface area contributed by atoms with Gasteiger partial charge in [0, 0.05) is 69.8 Å². The fourth-order valence-electron chi connectivity index (χ4n) is 8.71. The first-order valence-corrected chi connectivity index (χ1v) is 14.6. The van der Waals surface area contributed by atoms with Crippen LogP contribution in [0.2, 0.25) is 0 Å². The third kappa shape index (κ3) is 3.19. The number of carbonyl (C=O) groups is 1. The lowest BCUT2D eigenvalue weighted by Crippen LogP contribution is -2.64. The maximum absolute atomic E-state index is 12.4. The molecule has 42 heavy (non-hydrogen) atoms. The second-order valence-corrected chi connectivity index (χ2v) is 12.5. The van der Waals surface area contributed by atoms with E-state index in [1.807, 2.05) is 43.5 Å². The van der Waals surface area contributed by atoms with Gasteiger partial charge >= 0.3 is 5.97 Å².